The van der Waals surface area contributed by atoms with Crippen molar-refractivity contribution < 1.29 is 0 Å². The lowest BCUT2D eigenvalue weighted by molar-refractivity contribution is 0.507. The minimum Gasteiger partial charge on any atom is -0.309 e. The molecule has 1 atom stereocenters. The van der Waals surface area contributed by atoms with E-state index in [4.69, 9.17) is 0 Å². The van der Waals surface area contributed by atoms with Crippen LogP contribution < -0.4 is 5.32 Å². The van der Waals surface area contributed by atoms with Crippen LogP contribution in [-0.2, 0) is 19.4 Å². The number of thiazole rings is 1. The van der Waals surface area contributed by atoms with Crippen molar-refractivity contribution in [2.75, 3.05) is 6.54 Å². The van der Waals surface area contributed by atoms with Crippen LogP contribution in [0.25, 0.3) is 0 Å². The Morgan fingerprint density at radius 1 is 1.38 bits per heavy atom. The van der Waals surface area contributed by atoms with Crippen LogP contribution in [0, 0.1) is 6.92 Å². The van der Waals surface area contributed by atoms with Crippen molar-refractivity contribution in [3.05, 3.63) is 31.9 Å². The van der Waals surface area contributed by atoms with E-state index in [9.17, 15) is 0 Å². The molecule has 0 aliphatic rings. The molecule has 0 radical (unpaired) electrons. The molecule has 2 rings (SSSR count). The molecule has 2 heterocycles. The van der Waals surface area contributed by atoms with E-state index in [0.29, 0.717) is 0 Å². The number of aromatic nitrogens is 3. The number of hydrogen-bond donors (Lipinski definition) is 1. The summed E-state index contributed by atoms with van der Waals surface area (Å²) in [5, 5.41) is 11.5. The van der Waals surface area contributed by atoms with Crippen LogP contribution in [0.3, 0.4) is 0 Å². The normalized spacial score (nSPS) is 12.8. The fourth-order valence-electron chi connectivity index (χ4n) is 2.47. The van der Waals surface area contributed by atoms with Gasteiger partial charge in [-0.05, 0) is 42.7 Å². The maximum atomic E-state index is 4.68. The third kappa shape index (κ3) is 3.73. The molecule has 0 bridgehead atoms. The zero-order valence-corrected chi connectivity index (χ0v) is 15.5. The fourth-order valence-corrected chi connectivity index (χ4v) is 3.87. The summed E-state index contributed by atoms with van der Waals surface area (Å²) in [6, 6.07) is 0.239. The predicted molar refractivity (Wildman–Crippen MR) is 92.0 cm³/mol. The number of halogens is 1. The largest absolute Gasteiger partial charge is 0.309 e. The quantitative estimate of drug-likeness (QED) is 0.803. The highest BCUT2D eigenvalue weighted by Crippen LogP contribution is 2.28. The molecule has 116 valence electrons. The van der Waals surface area contributed by atoms with Crippen molar-refractivity contribution in [1.82, 2.24) is 20.1 Å². The summed E-state index contributed by atoms with van der Waals surface area (Å²) >= 11 is 5.44. The van der Waals surface area contributed by atoms with E-state index in [1.165, 1.54) is 5.69 Å². The number of nitrogens with one attached hydrogen (secondary N) is 1. The van der Waals surface area contributed by atoms with Crippen molar-refractivity contribution in [2.24, 2.45) is 0 Å². The van der Waals surface area contributed by atoms with Gasteiger partial charge in [-0.25, -0.2) is 4.98 Å². The molecule has 0 aliphatic heterocycles. The highest BCUT2D eigenvalue weighted by Gasteiger charge is 2.20. The van der Waals surface area contributed by atoms with Gasteiger partial charge in [-0.15, -0.1) is 11.3 Å². The molecule has 2 aromatic rings. The smallest absolute Gasteiger partial charge is 0.0898 e. The first kappa shape index (κ1) is 16.6. The first-order chi connectivity index (χ1) is 10.1. The lowest BCUT2D eigenvalue weighted by atomic mass is 10.1. The van der Waals surface area contributed by atoms with Crippen molar-refractivity contribution in [2.45, 2.75) is 53.1 Å². The minimum atomic E-state index is 0.239. The van der Waals surface area contributed by atoms with Crippen LogP contribution in [0.5, 0.6) is 0 Å². The van der Waals surface area contributed by atoms with E-state index in [2.05, 4.69) is 69.1 Å². The van der Waals surface area contributed by atoms with Gasteiger partial charge in [-0.3, -0.25) is 4.68 Å². The van der Waals surface area contributed by atoms with Crippen molar-refractivity contribution in [3.8, 4) is 0 Å². The predicted octanol–water partition coefficient (Wildman–Crippen LogP) is 3.89. The zero-order chi connectivity index (χ0) is 15.4. The van der Waals surface area contributed by atoms with Crippen molar-refractivity contribution >= 4 is 27.3 Å². The van der Waals surface area contributed by atoms with Crippen LogP contribution in [-0.4, -0.2) is 21.3 Å². The Balaban J connectivity index is 2.30. The maximum Gasteiger partial charge on any atom is 0.0898 e. The first-order valence-corrected chi connectivity index (χ1v) is 9.17. The Kier molecular flexibility index (Phi) is 5.96. The van der Waals surface area contributed by atoms with Crippen molar-refractivity contribution in [3.63, 3.8) is 0 Å². The van der Waals surface area contributed by atoms with Gasteiger partial charge in [0.1, 0.15) is 0 Å². The van der Waals surface area contributed by atoms with Gasteiger partial charge >= 0.3 is 0 Å². The minimum absolute atomic E-state index is 0.239. The molecule has 0 saturated carbocycles. The maximum absolute atomic E-state index is 4.68. The van der Waals surface area contributed by atoms with Crippen molar-refractivity contribution in [1.29, 1.82) is 0 Å². The van der Waals surface area contributed by atoms with Crippen LogP contribution >= 0.6 is 27.3 Å². The highest BCUT2D eigenvalue weighted by molar-refractivity contribution is 9.10. The van der Waals surface area contributed by atoms with Gasteiger partial charge in [0.25, 0.3) is 0 Å². The molecule has 0 fully saturated rings. The topological polar surface area (TPSA) is 42.7 Å². The van der Waals surface area contributed by atoms with Crippen LogP contribution in [0.4, 0.5) is 0 Å². The third-order valence-corrected chi connectivity index (χ3v) is 5.24. The standard InChI is InChI=1S/C15H23BrN4S/c1-5-11-15(16)14(20(7-3)19-11)8-12(17-6-2)13-9-21-10(4)18-13/h9,12,17H,5-8H2,1-4H3. The summed E-state index contributed by atoms with van der Waals surface area (Å²) in [5.41, 5.74) is 3.52. The van der Waals surface area contributed by atoms with E-state index in [1.807, 2.05) is 0 Å². The van der Waals surface area contributed by atoms with E-state index in [1.54, 1.807) is 11.3 Å². The number of likely N-dealkylation sites (N-methyl/N-ethyl adjacent to an activating group) is 1. The molecule has 1 N–H and O–H groups in total. The molecule has 0 spiro atoms. The molecule has 2 aromatic heterocycles. The van der Waals surface area contributed by atoms with Gasteiger partial charge in [0.05, 0.1) is 32.6 Å². The molecule has 0 amide bonds. The Hall–Kier alpha value is -0.720. The first-order valence-electron chi connectivity index (χ1n) is 7.50. The Labute approximate surface area is 139 Å². The summed E-state index contributed by atoms with van der Waals surface area (Å²) in [6.07, 6.45) is 1.85. The molecule has 6 heteroatoms. The highest BCUT2D eigenvalue weighted by atomic mass is 79.9. The molecule has 0 saturated heterocycles. The summed E-state index contributed by atoms with van der Waals surface area (Å²) in [6.45, 7) is 10.3. The van der Waals surface area contributed by atoms with E-state index < -0.39 is 0 Å². The van der Waals surface area contributed by atoms with Gasteiger partial charge in [-0.2, -0.15) is 5.10 Å². The summed E-state index contributed by atoms with van der Waals surface area (Å²) in [4.78, 5) is 4.65. The summed E-state index contributed by atoms with van der Waals surface area (Å²) in [7, 11) is 0. The lowest BCUT2D eigenvalue weighted by Gasteiger charge is -2.17. The second kappa shape index (κ2) is 7.51. The fraction of sp³-hybridized carbons (Fsp3) is 0.600. The van der Waals surface area contributed by atoms with Gasteiger partial charge in [-0.1, -0.05) is 13.8 Å². The molecule has 1 unspecified atom stereocenters. The molecule has 21 heavy (non-hydrogen) atoms. The number of rotatable bonds is 7. The van der Waals surface area contributed by atoms with Crippen LogP contribution in [0.1, 0.15) is 48.9 Å². The number of aryl methyl sites for hydroxylation is 3. The average molecular weight is 371 g/mol. The second-order valence-corrected chi connectivity index (χ2v) is 6.84. The van der Waals surface area contributed by atoms with Crippen LogP contribution in [0.2, 0.25) is 0 Å². The third-order valence-electron chi connectivity index (χ3n) is 3.54. The van der Waals surface area contributed by atoms with Gasteiger partial charge < -0.3 is 5.32 Å². The summed E-state index contributed by atoms with van der Waals surface area (Å²) < 4.78 is 3.26. The Bertz CT molecular complexity index is 591. The second-order valence-electron chi connectivity index (χ2n) is 4.98. The average Bonchev–Trinajstić information content (AvgIpc) is 3.03. The van der Waals surface area contributed by atoms with Crippen LogP contribution in [0.15, 0.2) is 9.85 Å². The van der Waals surface area contributed by atoms with Gasteiger partial charge in [0.15, 0.2) is 0 Å². The molecule has 0 aromatic carbocycles. The molecular weight excluding hydrogens is 348 g/mol. The SMILES string of the molecule is CCNC(Cc1c(Br)c(CC)nn1CC)c1csc(C)n1. The van der Waals surface area contributed by atoms with E-state index in [0.717, 1.165) is 46.8 Å². The van der Waals surface area contributed by atoms with Gasteiger partial charge in [0, 0.05) is 18.3 Å². The number of hydrogen-bond acceptors (Lipinski definition) is 4. The number of nitrogens with zero attached hydrogens (tertiary/aromatic N) is 3. The Morgan fingerprint density at radius 3 is 2.67 bits per heavy atom. The monoisotopic (exact) mass is 370 g/mol. The van der Waals surface area contributed by atoms with E-state index >= 15 is 0 Å². The molecule has 0 aliphatic carbocycles. The van der Waals surface area contributed by atoms with Gasteiger partial charge in [0.2, 0.25) is 0 Å². The zero-order valence-electron chi connectivity index (χ0n) is 13.1. The molecule has 4 nitrogen and oxygen atoms in total. The molecular formula is C15H23BrN4S. The van der Waals surface area contributed by atoms with E-state index in [-0.39, 0.29) is 6.04 Å². The lowest BCUT2D eigenvalue weighted by Crippen LogP contribution is -2.24. The Morgan fingerprint density at radius 2 is 2.14 bits per heavy atom. The summed E-state index contributed by atoms with van der Waals surface area (Å²) in [5.74, 6) is 0.